The first-order valence-corrected chi connectivity index (χ1v) is 4.97. The van der Waals surface area contributed by atoms with Crippen LogP contribution in [0.1, 0.15) is 0 Å². The third-order valence-electron chi connectivity index (χ3n) is 1.21. The van der Waals surface area contributed by atoms with E-state index in [1.165, 1.54) is 0 Å². The highest BCUT2D eigenvalue weighted by Crippen LogP contribution is 2.09. The lowest BCUT2D eigenvalue weighted by Crippen LogP contribution is -2.30. The summed E-state index contributed by atoms with van der Waals surface area (Å²) in [5, 5.41) is 34.8. The number of aliphatic hydroxyl groups is 4. The summed E-state index contributed by atoms with van der Waals surface area (Å²) in [5.41, 5.74) is 0. The highest BCUT2D eigenvalue weighted by molar-refractivity contribution is 8.22. The van der Waals surface area contributed by atoms with Crippen molar-refractivity contribution in [3.63, 3.8) is 0 Å². The van der Waals surface area contributed by atoms with Crippen molar-refractivity contribution in [3.8, 4) is 0 Å². The molecule has 5 nitrogen and oxygen atoms in total. The molecule has 0 fully saturated rings. The number of nitrogens with zero attached hydrogens (tertiary/aromatic N) is 1. The number of thiocarbonyl (C=S) groups is 1. The number of hydrogen-bond donors (Lipinski definition) is 4. The second-order valence-electron chi connectivity index (χ2n) is 2.24. The van der Waals surface area contributed by atoms with Crippen molar-refractivity contribution in [1.29, 1.82) is 0 Å². The molecule has 0 radical (unpaired) electrons. The summed E-state index contributed by atoms with van der Waals surface area (Å²) >= 11 is 5.91. The molecular weight excluding hydrogens is 214 g/mol. The van der Waals surface area contributed by atoms with Gasteiger partial charge in [0, 0.05) is 5.75 Å². The van der Waals surface area contributed by atoms with Crippen molar-refractivity contribution in [2.75, 3.05) is 25.8 Å². The maximum atomic E-state index is 8.96. The summed E-state index contributed by atoms with van der Waals surface area (Å²) in [6.07, 6.45) is -0.831. The summed E-state index contributed by atoms with van der Waals surface area (Å²) in [5.74, 6) is 0.242. The van der Waals surface area contributed by atoms with Crippen LogP contribution in [0.15, 0.2) is 0 Å². The van der Waals surface area contributed by atoms with Crippen molar-refractivity contribution in [3.05, 3.63) is 0 Å². The fourth-order valence-electron chi connectivity index (χ4n) is 0.472. The van der Waals surface area contributed by atoms with Gasteiger partial charge in [-0.2, -0.15) is 0 Å². The van der Waals surface area contributed by atoms with E-state index in [-0.39, 0.29) is 30.1 Å². The Kier molecular flexibility index (Phi) is 7.53. The van der Waals surface area contributed by atoms with Gasteiger partial charge in [-0.3, -0.25) is 0 Å². The lowest BCUT2D eigenvalue weighted by Gasteiger charge is -2.19. The normalized spacial score (nSPS) is 12.6. The van der Waals surface area contributed by atoms with E-state index in [9.17, 15) is 0 Å². The van der Waals surface area contributed by atoms with Gasteiger partial charge >= 0.3 is 0 Å². The maximum Gasteiger partial charge on any atom is 0.140 e. The Morgan fingerprint density at radius 1 is 1.31 bits per heavy atom. The van der Waals surface area contributed by atoms with Crippen LogP contribution >= 0.6 is 24.0 Å². The predicted octanol–water partition coefficient (Wildman–Crippen LogP) is -1.44. The van der Waals surface area contributed by atoms with Gasteiger partial charge in [0.15, 0.2) is 0 Å². The first kappa shape index (κ1) is 13.1. The lowest BCUT2D eigenvalue weighted by atomic mass is 10.4. The molecular formula is C6H13NO4S2. The first-order valence-electron chi connectivity index (χ1n) is 3.58. The molecule has 0 amide bonds. The van der Waals surface area contributed by atoms with Gasteiger partial charge in [-0.25, -0.2) is 0 Å². The number of aliphatic hydroxyl groups excluding tert-OH is 4. The minimum Gasteiger partial charge on any atom is -0.394 e. The minimum absolute atomic E-state index is 0.242. The van der Waals surface area contributed by atoms with E-state index in [4.69, 9.17) is 32.6 Å². The van der Waals surface area contributed by atoms with E-state index in [0.29, 0.717) is 0 Å². The number of hydrogen-bond acceptors (Lipinski definition) is 6. The van der Waals surface area contributed by atoms with Crippen LogP contribution in [0.4, 0.5) is 0 Å². The van der Waals surface area contributed by atoms with E-state index in [2.05, 4.69) is 0 Å². The molecule has 1 atom stereocenters. The Labute approximate surface area is 86.0 Å². The van der Waals surface area contributed by atoms with Crippen LogP contribution < -0.4 is 0 Å². The predicted molar refractivity (Wildman–Crippen MR) is 54.2 cm³/mol. The molecule has 0 rings (SSSR count). The SMILES string of the molecule is OCC(O)CSC(=S)N(CO)CO. The Morgan fingerprint density at radius 3 is 2.23 bits per heavy atom. The third kappa shape index (κ3) is 5.40. The molecule has 0 spiro atoms. The monoisotopic (exact) mass is 227 g/mol. The van der Waals surface area contributed by atoms with Crippen molar-refractivity contribution >= 4 is 28.3 Å². The molecule has 0 heterocycles. The molecule has 13 heavy (non-hydrogen) atoms. The van der Waals surface area contributed by atoms with Gasteiger partial charge in [-0.15, -0.1) is 0 Å². The molecule has 0 aliphatic carbocycles. The number of thioether (sulfide) groups is 1. The van der Waals surface area contributed by atoms with Crippen LogP contribution in [0.25, 0.3) is 0 Å². The summed E-state index contributed by atoms with van der Waals surface area (Å²) in [4.78, 5) is 1.16. The third-order valence-corrected chi connectivity index (χ3v) is 2.88. The number of rotatable bonds is 5. The van der Waals surface area contributed by atoms with Crippen LogP contribution in [-0.4, -0.2) is 61.6 Å². The molecule has 1 unspecified atom stereocenters. The quantitative estimate of drug-likeness (QED) is 0.338. The van der Waals surface area contributed by atoms with Crippen molar-refractivity contribution < 1.29 is 20.4 Å². The standard InChI is InChI=1S/C6H13NO4S2/c8-1-5(11)2-13-6(12)7(3-9)4-10/h5,8-11H,1-4H2. The topological polar surface area (TPSA) is 84.2 Å². The van der Waals surface area contributed by atoms with Crippen molar-refractivity contribution in [2.45, 2.75) is 6.10 Å². The fourth-order valence-corrected chi connectivity index (χ4v) is 1.53. The maximum absolute atomic E-state index is 8.96. The van der Waals surface area contributed by atoms with Crippen LogP contribution in [-0.2, 0) is 0 Å². The average molecular weight is 227 g/mol. The molecule has 0 saturated heterocycles. The molecule has 0 aliphatic rings. The average Bonchev–Trinajstić information content (AvgIpc) is 2.16. The Balaban J connectivity index is 3.72. The van der Waals surface area contributed by atoms with Gasteiger partial charge in [0.1, 0.15) is 17.8 Å². The van der Waals surface area contributed by atoms with Crippen molar-refractivity contribution in [2.24, 2.45) is 0 Å². The Hall–Kier alpha value is 0.0800. The second-order valence-corrected chi connectivity index (χ2v) is 3.89. The Morgan fingerprint density at radius 2 is 1.85 bits per heavy atom. The van der Waals surface area contributed by atoms with Gasteiger partial charge in [0.05, 0.1) is 12.7 Å². The zero-order valence-corrected chi connectivity index (χ0v) is 8.59. The van der Waals surface area contributed by atoms with Gasteiger partial charge in [0.2, 0.25) is 0 Å². The minimum atomic E-state index is -0.831. The zero-order chi connectivity index (χ0) is 10.3. The van der Waals surface area contributed by atoms with E-state index in [1.54, 1.807) is 0 Å². The van der Waals surface area contributed by atoms with Gasteiger partial charge < -0.3 is 25.3 Å². The van der Waals surface area contributed by atoms with Crippen LogP contribution in [0, 0.1) is 0 Å². The Bertz CT molecular complexity index is 154. The molecule has 78 valence electrons. The first-order chi connectivity index (χ1) is 6.15. The van der Waals surface area contributed by atoms with Gasteiger partial charge in [0.25, 0.3) is 0 Å². The summed E-state index contributed by atoms with van der Waals surface area (Å²) in [6, 6.07) is 0. The van der Waals surface area contributed by atoms with Crippen LogP contribution in [0.2, 0.25) is 0 Å². The van der Waals surface area contributed by atoms with E-state index < -0.39 is 6.10 Å². The van der Waals surface area contributed by atoms with E-state index >= 15 is 0 Å². The molecule has 0 aliphatic heterocycles. The highest BCUT2D eigenvalue weighted by atomic mass is 32.2. The fraction of sp³-hybridized carbons (Fsp3) is 0.833. The molecule has 0 bridgehead atoms. The molecule has 7 heteroatoms. The van der Waals surface area contributed by atoms with E-state index in [1.807, 2.05) is 0 Å². The van der Waals surface area contributed by atoms with Gasteiger partial charge in [-0.1, -0.05) is 24.0 Å². The smallest absolute Gasteiger partial charge is 0.140 e. The summed E-state index contributed by atoms with van der Waals surface area (Å²) in [6.45, 7) is -1.05. The molecule has 0 aromatic heterocycles. The van der Waals surface area contributed by atoms with Crippen LogP contribution in [0.5, 0.6) is 0 Å². The molecule has 0 aromatic rings. The highest BCUT2D eigenvalue weighted by Gasteiger charge is 2.10. The molecule has 0 aromatic carbocycles. The molecule has 4 N–H and O–H groups in total. The molecule has 0 saturated carbocycles. The van der Waals surface area contributed by atoms with E-state index in [0.717, 1.165) is 16.7 Å². The summed E-state index contributed by atoms with van der Waals surface area (Å²) in [7, 11) is 0. The van der Waals surface area contributed by atoms with Crippen LogP contribution in [0.3, 0.4) is 0 Å². The summed E-state index contributed by atoms with van der Waals surface area (Å²) < 4.78 is 0.289. The second kappa shape index (κ2) is 7.48. The largest absolute Gasteiger partial charge is 0.394 e. The zero-order valence-electron chi connectivity index (χ0n) is 6.96. The lowest BCUT2D eigenvalue weighted by molar-refractivity contribution is 0.0903. The van der Waals surface area contributed by atoms with Crippen molar-refractivity contribution in [1.82, 2.24) is 4.90 Å². The van der Waals surface area contributed by atoms with Gasteiger partial charge in [-0.05, 0) is 0 Å².